The van der Waals surface area contributed by atoms with Crippen molar-refractivity contribution in [3.05, 3.63) is 169 Å². The highest BCUT2D eigenvalue weighted by Crippen LogP contribution is 2.39. The van der Waals surface area contributed by atoms with Gasteiger partial charge in [-0.05, 0) is 48.0 Å². The van der Waals surface area contributed by atoms with Gasteiger partial charge in [0.15, 0.2) is 17.5 Å². The third-order valence-corrected chi connectivity index (χ3v) is 9.67. The number of benzene rings is 7. The topological polar surface area (TPSA) is 80.5 Å². The van der Waals surface area contributed by atoms with Crippen LogP contribution >= 0.6 is 0 Å². The Morgan fingerprint density at radius 3 is 1.92 bits per heavy atom. The fraction of sp³-hybridized carbons (Fsp3) is 0. The van der Waals surface area contributed by atoms with Crippen molar-refractivity contribution in [2.75, 3.05) is 0 Å². The van der Waals surface area contributed by atoms with Crippen LogP contribution in [0.5, 0.6) is 0 Å². The highest BCUT2D eigenvalue weighted by atomic mass is 16.3. The maximum atomic E-state index is 9.59. The van der Waals surface area contributed by atoms with Gasteiger partial charge < -0.3 is 8.98 Å². The van der Waals surface area contributed by atoms with E-state index in [4.69, 9.17) is 19.4 Å². The summed E-state index contributed by atoms with van der Waals surface area (Å²) in [6, 6.07) is 57.6. The van der Waals surface area contributed by atoms with Crippen LogP contribution in [-0.4, -0.2) is 19.5 Å². The average Bonchev–Trinajstić information content (AvgIpc) is 3.77. The molecule has 3 heterocycles. The van der Waals surface area contributed by atoms with Gasteiger partial charge in [0.1, 0.15) is 11.2 Å². The van der Waals surface area contributed by atoms with Gasteiger partial charge in [0.25, 0.3) is 0 Å². The van der Waals surface area contributed by atoms with Gasteiger partial charge in [-0.2, -0.15) is 5.26 Å². The molecular weight excluding hydrogens is 639 g/mol. The molecule has 0 radical (unpaired) electrons. The van der Waals surface area contributed by atoms with Gasteiger partial charge in [0.05, 0.1) is 22.7 Å². The van der Waals surface area contributed by atoms with Crippen molar-refractivity contribution in [1.82, 2.24) is 19.5 Å². The summed E-state index contributed by atoms with van der Waals surface area (Å²) in [7, 11) is 0. The third kappa shape index (κ3) is 4.84. The molecular formula is C46H27N5O. The van der Waals surface area contributed by atoms with Crippen molar-refractivity contribution >= 4 is 43.7 Å². The van der Waals surface area contributed by atoms with Gasteiger partial charge in [0.2, 0.25) is 0 Å². The quantitative estimate of drug-likeness (QED) is 0.183. The number of para-hydroxylation sites is 3. The Bertz CT molecular complexity index is 3040. The molecule has 242 valence electrons. The van der Waals surface area contributed by atoms with Crippen LogP contribution in [0.2, 0.25) is 0 Å². The number of furan rings is 1. The zero-order chi connectivity index (χ0) is 34.6. The van der Waals surface area contributed by atoms with E-state index in [0.29, 0.717) is 23.0 Å². The largest absolute Gasteiger partial charge is 0.455 e. The Balaban J connectivity index is 1.16. The molecule has 0 aliphatic carbocycles. The van der Waals surface area contributed by atoms with Crippen LogP contribution in [0.1, 0.15) is 5.56 Å². The number of nitrogens with zero attached hydrogens (tertiary/aromatic N) is 5. The maximum Gasteiger partial charge on any atom is 0.164 e. The molecule has 10 rings (SSSR count). The first kappa shape index (κ1) is 29.5. The second-order valence-corrected chi connectivity index (χ2v) is 12.8. The standard InChI is InChI=1S/C46H27N5O/c47-28-29-11-8-14-32(25-29)45-48-44(30-12-2-1-3-13-30)49-46(50-45)33-15-9-16-34(26-33)51-40-21-6-4-17-36(40)37-24-23-31(27-41(37)51)35-19-10-20-39-38-18-5-7-22-42(38)52-43(35)39/h1-27H. The van der Waals surface area contributed by atoms with E-state index in [9.17, 15) is 5.26 Å². The summed E-state index contributed by atoms with van der Waals surface area (Å²) in [5.74, 6) is 1.62. The fourth-order valence-corrected chi connectivity index (χ4v) is 7.25. The van der Waals surface area contributed by atoms with Gasteiger partial charge in [-0.1, -0.05) is 121 Å². The van der Waals surface area contributed by atoms with E-state index in [1.807, 2.05) is 72.8 Å². The van der Waals surface area contributed by atoms with E-state index in [1.54, 1.807) is 6.07 Å². The fourth-order valence-electron chi connectivity index (χ4n) is 7.25. The summed E-state index contributed by atoms with van der Waals surface area (Å²) in [6.07, 6.45) is 0. The smallest absolute Gasteiger partial charge is 0.164 e. The van der Waals surface area contributed by atoms with Crippen LogP contribution in [-0.2, 0) is 0 Å². The maximum absolute atomic E-state index is 9.59. The van der Waals surface area contributed by atoms with Gasteiger partial charge in [-0.15, -0.1) is 0 Å². The summed E-state index contributed by atoms with van der Waals surface area (Å²) >= 11 is 0. The van der Waals surface area contributed by atoms with E-state index in [2.05, 4.69) is 95.6 Å². The highest BCUT2D eigenvalue weighted by Gasteiger charge is 2.18. The van der Waals surface area contributed by atoms with Crippen LogP contribution in [0, 0.1) is 11.3 Å². The Morgan fingerprint density at radius 2 is 1.10 bits per heavy atom. The van der Waals surface area contributed by atoms with Crippen LogP contribution in [0.15, 0.2) is 168 Å². The summed E-state index contributed by atoms with van der Waals surface area (Å²) < 4.78 is 8.76. The number of nitriles is 1. The van der Waals surface area contributed by atoms with E-state index >= 15 is 0 Å². The Labute approximate surface area is 298 Å². The zero-order valence-electron chi connectivity index (χ0n) is 27.7. The first-order valence-corrected chi connectivity index (χ1v) is 17.1. The number of hydrogen-bond acceptors (Lipinski definition) is 5. The molecule has 6 heteroatoms. The van der Waals surface area contributed by atoms with Gasteiger partial charge in [-0.25, -0.2) is 15.0 Å². The zero-order valence-corrected chi connectivity index (χ0v) is 27.7. The van der Waals surface area contributed by atoms with Crippen molar-refractivity contribution in [1.29, 1.82) is 5.26 Å². The van der Waals surface area contributed by atoms with Crippen LogP contribution < -0.4 is 0 Å². The third-order valence-electron chi connectivity index (χ3n) is 9.67. The van der Waals surface area contributed by atoms with Gasteiger partial charge >= 0.3 is 0 Å². The molecule has 10 aromatic rings. The molecule has 0 saturated carbocycles. The van der Waals surface area contributed by atoms with E-state index in [-0.39, 0.29) is 0 Å². The number of hydrogen-bond donors (Lipinski definition) is 0. The molecule has 0 saturated heterocycles. The molecule has 0 bridgehead atoms. The lowest BCUT2D eigenvalue weighted by Gasteiger charge is -2.12. The van der Waals surface area contributed by atoms with Crippen molar-refractivity contribution in [2.24, 2.45) is 0 Å². The second-order valence-electron chi connectivity index (χ2n) is 12.8. The lowest BCUT2D eigenvalue weighted by molar-refractivity contribution is 0.670. The normalized spacial score (nSPS) is 11.4. The summed E-state index contributed by atoms with van der Waals surface area (Å²) in [5.41, 5.74) is 10.1. The van der Waals surface area contributed by atoms with Crippen LogP contribution in [0.3, 0.4) is 0 Å². The first-order valence-electron chi connectivity index (χ1n) is 17.1. The van der Waals surface area contributed by atoms with E-state index in [0.717, 1.165) is 71.9 Å². The first-order chi connectivity index (χ1) is 25.7. The molecule has 0 aliphatic rings. The second kappa shape index (κ2) is 11.9. The number of fused-ring (bicyclic) bond motifs is 6. The van der Waals surface area contributed by atoms with E-state index < -0.39 is 0 Å². The molecule has 0 fully saturated rings. The molecule has 52 heavy (non-hydrogen) atoms. The lowest BCUT2D eigenvalue weighted by Crippen LogP contribution is -2.01. The molecule has 0 atom stereocenters. The molecule has 7 aromatic carbocycles. The summed E-state index contributed by atoms with van der Waals surface area (Å²) in [4.78, 5) is 14.8. The molecule has 0 amide bonds. The van der Waals surface area contributed by atoms with Gasteiger partial charge in [0, 0.05) is 49.5 Å². The molecule has 0 spiro atoms. The minimum atomic E-state index is 0.507. The molecule has 6 nitrogen and oxygen atoms in total. The molecule has 0 unspecified atom stereocenters. The predicted molar refractivity (Wildman–Crippen MR) is 208 cm³/mol. The Kier molecular flexibility index (Phi) is 6.76. The molecule has 3 aromatic heterocycles. The monoisotopic (exact) mass is 665 g/mol. The van der Waals surface area contributed by atoms with Crippen molar-refractivity contribution < 1.29 is 4.42 Å². The van der Waals surface area contributed by atoms with E-state index in [1.165, 1.54) is 5.39 Å². The minimum Gasteiger partial charge on any atom is -0.455 e. The highest BCUT2D eigenvalue weighted by molar-refractivity contribution is 6.13. The van der Waals surface area contributed by atoms with Crippen LogP contribution in [0.4, 0.5) is 0 Å². The molecule has 0 aliphatic heterocycles. The van der Waals surface area contributed by atoms with Crippen molar-refractivity contribution in [3.63, 3.8) is 0 Å². The van der Waals surface area contributed by atoms with Crippen molar-refractivity contribution in [2.45, 2.75) is 0 Å². The SMILES string of the molecule is N#Cc1cccc(-c2nc(-c3ccccc3)nc(-c3cccc(-n4c5ccccc5c5ccc(-c6cccc7c6oc6ccccc67)cc54)c3)n2)c1. The summed E-state index contributed by atoms with van der Waals surface area (Å²) in [6.45, 7) is 0. The Hall–Kier alpha value is -7.36. The minimum absolute atomic E-state index is 0.507. The molecule has 0 N–H and O–H groups in total. The predicted octanol–water partition coefficient (Wildman–Crippen LogP) is 11.4. The number of rotatable bonds is 5. The average molecular weight is 666 g/mol. The van der Waals surface area contributed by atoms with Crippen LogP contribution in [0.25, 0.3) is 94.7 Å². The van der Waals surface area contributed by atoms with Gasteiger partial charge in [-0.3, -0.25) is 0 Å². The van der Waals surface area contributed by atoms with Crippen molar-refractivity contribution in [3.8, 4) is 57.0 Å². The Morgan fingerprint density at radius 1 is 0.462 bits per heavy atom. The number of aromatic nitrogens is 4. The summed E-state index contributed by atoms with van der Waals surface area (Å²) in [5, 5.41) is 14.1. The lowest BCUT2D eigenvalue weighted by atomic mass is 10.0.